The van der Waals surface area contributed by atoms with Crippen LogP contribution in [0, 0.1) is 5.41 Å². The Labute approximate surface area is 187 Å². The molecule has 0 aliphatic heterocycles. The van der Waals surface area contributed by atoms with Crippen LogP contribution in [-0.2, 0) is 4.43 Å². The van der Waals surface area contributed by atoms with Crippen molar-refractivity contribution >= 4 is 43.1 Å². The minimum absolute atomic E-state index is 0.140. The van der Waals surface area contributed by atoms with Crippen LogP contribution in [0.15, 0.2) is 12.1 Å². The number of benzene rings is 1. The molecule has 0 amide bonds. The van der Waals surface area contributed by atoms with Gasteiger partial charge in [0.05, 0.1) is 6.10 Å². The summed E-state index contributed by atoms with van der Waals surface area (Å²) in [5, 5.41) is 5.52. The highest BCUT2D eigenvalue weighted by Gasteiger charge is 2.35. The van der Waals surface area contributed by atoms with Crippen molar-refractivity contribution in [2.24, 2.45) is 5.41 Å². The summed E-state index contributed by atoms with van der Waals surface area (Å²) in [6.45, 7) is 12.2. The zero-order valence-electron chi connectivity index (χ0n) is 18.0. The Balaban J connectivity index is 2.22. The molecule has 0 spiro atoms. The van der Waals surface area contributed by atoms with Gasteiger partial charge in [-0.25, -0.2) is 0 Å². The maximum Gasteiger partial charge on any atom is 0.192 e. The highest BCUT2D eigenvalue weighted by Crippen LogP contribution is 2.39. The van der Waals surface area contributed by atoms with Crippen molar-refractivity contribution in [2.45, 2.75) is 90.6 Å². The Morgan fingerprint density at radius 2 is 1.54 bits per heavy atom. The van der Waals surface area contributed by atoms with E-state index in [2.05, 4.69) is 39.9 Å². The van der Waals surface area contributed by atoms with Gasteiger partial charge in [-0.1, -0.05) is 69.4 Å². The maximum absolute atomic E-state index is 6.87. The summed E-state index contributed by atoms with van der Waals surface area (Å²) in [6.07, 6.45) is 4.80. The van der Waals surface area contributed by atoms with E-state index >= 15 is 0 Å². The number of hydrogen-bond donors (Lipinski definition) is 1. The molecule has 0 saturated heterocycles. The number of rotatable bonds is 9. The lowest BCUT2D eigenvalue weighted by Crippen LogP contribution is -2.43. The molecule has 160 valence electrons. The molecule has 2 rings (SSSR count). The first-order valence-electron chi connectivity index (χ1n) is 10.7. The molecular formula is C22H36Cl3NOSi. The second-order valence-electron chi connectivity index (χ2n) is 8.98. The molecule has 1 unspecified atom stereocenters. The predicted molar refractivity (Wildman–Crippen MR) is 127 cm³/mol. The molecule has 1 aliphatic rings. The van der Waals surface area contributed by atoms with Crippen LogP contribution < -0.4 is 5.32 Å². The fourth-order valence-electron chi connectivity index (χ4n) is 4.24. The van der Waals surface area contributed by atoms with Crippen molar-refractivity contribution in [1.29, 1.82) is 0 Å². The Hall–Kier alpha value is 0.227. The SMILES string of the molecule is CC[Si](CC)(CC)OC(CNC1CCC(C)(C)CC1)c1c(Cl)cc(Cl)cc1Cl. The average molecular weight is 465 g/mol. The molecule has 1 N–H and O–H groups in total. The highest BCUT2D eigenvalue weighted by atomic mass is 35.5. The van der Waals surface area contributed by atoms with Gasteiger partial charge in [0.15, 0.2) is 8.32 Å². The van der Waals surface area contributed by atoms with Crippen LogP contribution in [0.4, 0.5) is 0 Å². The van der Waals surface area contributed by atoms with Gasteiger partial charge in [-0.05, 0) is 61.4 Å². The molecule has 1 saturated carbocycles. The number of hydrogen-bond acceptors (Lipinski definition) is 2. The van der Waals surface area contributed by atoms with Crippen molar-refractivity contribution in [2.75, 3.05) is 6.54 Å². The van der Waals surface area contributed by atoms with E-state index in [-0.39, 0.29) is 6.10 Å². The van der Waals surface area contributed by atoms with Gasteiger partial charge >= 0.3 is 0 Å². The van der Waals surface area contributed by atoms with Crippen LogP contribution in [0.5, 0.6) is 0 Å². The summed E-state index contributed by atoms with van der Waals surface area (Å²) >= 11 is 19.3. The first kappa shape index (κ1) is 24.5. The van der Waals surface area contributed by atoms with Crippen LogP contribution in [-0.4, -0.2) is 20.9 Å². The smallest absolute Gasteiger partial charge is 0.192 e. The quantitative estimate of drug-likeness (QED) is 0.371. The summed E-state index contributed by atoms with van der Waals surface area (Å²) in [7, 11) is -1.82. The summed E-state index contributed by atoms with van der Waals surface area (Å²) in [5.74, 6) is 0. The molecule has 0 radical (unpaired) electrons. The fraction of sp³-hybridized carbons (Fsp3) is 0.727. The third-order valence-corrected chi connectivity index (χ3v) is 12.1. The summed E-state index contributed by atoms with van der Waals surface area (Å²) in [6, 6.07) is 7.36. The monoisotopic (exact) mass is 463 g/mol. The van der Waals surface area contributed by atoms with Gasteiger partial charge in [0.2, 0.25) is 0 Å². The Kier molecular flexibility index (Phi) is 9.19. The van der Waals surface area contributed by atoms with Gasteiger partial charge in [-0.3, -0.25) is 0 Å². The molecular weight excluding hydrogens is 429 g/mol. The van der Waals surface area contributed by atoms with Crippen LogP contribution in [0.3, 0.4) is 0 Å². The van der Waals surface area contributed by atoms with Gasteiger partial charge in [-0.15, -0.1) is 0 Å². The van der Waals surface area contributed by atoms with Gasteiger partial charge in [0.25, 0.3) is 0 Å². The molecule has 1 aliphatic carbocycles. The van der Waals surface area contributed by atoms with Gasteiger partial charge < -0.3 is 9.74 Å². The zero-order valence-corrected chi connectivity index (χ0v) is 21.3. The standard InChI is InChI=1S/C22H36Cl3NOSi/c1-6-28(7-2,8-3)27-20(21-18(24)13-16(23)14-19(21)25)15-26-17-9-11-22(4,5)12-10-17/h13-14,17,20,26H,6-12,15H2,1-5H3. The molecule has 28 heavy (non-hydrogen) atoms. The first-order chi connectivity index (χ1) is 13.1. The van der Waals surface area contributed by atoms with Crippen molar-refractivity contribution in [3.8, 4) is 0 Å². The molecule has 1 atom stereocenters. The Morgan fingerprint density at radius 1 is 1.04 bits per heavy atom. The molecule has 0 heterocycles. The largest absolute Gasteiger partial charge is 0.409 e. The third kappa shape index (κ3) is 6.36. The molecule has 1 fully saturated rings. The first-order valence-corrected chi connectivity index (χ1v) is 14.4. The lowest BCUT2D eigenvalue weighted by atomic mass is 9.75. The zero-order chi connectivity index (χ0) is 20.9. The molecule has 1 aromatic rings. The molecule has 0 bridgehead atoms. The number of nitrogens with one attached hydrogen (secondary N) is 1. The second kappa shape index (κ2) is 10.5. The van der Waals surface area contributed by atoms with E-state index in [0.717, 1.165) is 30.2 Å². The van der Waals surface area contributed by atoms with Crippen molar-refractivity contribution in [3.63, 3.8) is 0 Å². The lowest BCUT2D eigenvalue weighted by Gasteiger charge is -2.37. The minimum Gasteiger partial charge on any atom is -0.409 e. The second-order valence-corrected chi connectivity index (χ2v) is 15.0. The van der Waals surface area contributed by atoms with E-state index in [0.29, 0.717) is 26.5 Å². The Morgan fingerprint density at radius 3 is 2.00 bits per heavy atom. The Bertz CT molecular complexity index is 607. The van der Waals surface area contributed by atoms with Gasteiger partial charge in [0.1, 0.15) is 0 Å². The lowest BCUT2D eigenvalue weighted by molar-refractivity contribution is 0.160. The molecule has 0 aromatic heterocycles. The summed E-state index contributed by atoms with van der Waals surface area (Å²) in [5.41, 5.74) is 1.34. The van der Waals surface area contributed by atoms with Crippen LogP contribution in [0.25, 0.3) is 0 Å². The van der Waals surface area contributed by atoms with Crippen LogP contribution in [0.1, 0.15) is 72.0 Å². The predicted octanol–water partition coefficient (Wildman–Crippen LogP) is 8.27. The van der Waals surface area contributed by atoms with E-state index < -0.39 is 8.32 Å². The van der Waals surface area contributed by atoms with Crippen LogP contribution in [0.2, 0.25) is 33.2 Å². The van der Waals surface area contributed by atoms with E-state index in [4.69, 9.17) is 39.2 Å². The normalized spacial score (nSPS) is 19.0. The fourth-order valence-corrected chi connectivity index (χ4v) is 8.11. The highest BCUT2D eigenvalue weighted by molar-refractivity contribution is 6.73. The van der Waals surface area contributed by atoms with E-state index in [1.54, 1.807) is 12.1 Å². The third-order valence-electron chi connectivity index (χ3n) is 6.62. The minimum atomic E-state index is -1.82. The van der Waals surface area contributed by atoms with Crippen molar-refractivity contribution < 1.29 is 4.43 Å². The van der Waals surface area contributed by atoms with Crippen molar-refractivity contribution in [3.05, 3.63) is 32.8 Å². The van der Waals surface area contributed by atoms with Crippen molar-refractivity contribution in [1.82, 2.24) is 5.32 Å². The average Bonchev–Trinajstić information content (AvgIpc) is 2.64. The van der Waals surface area contributed by atoms with E-state index in [9.17, 15) is 0 Å². The summed E-state index contributed by atoms with van der Waals surface area (Å²) in [4.78, 5) is 0. The van der Waals surface area contributed by atoms with E-state index in [1.807, 2.05) is 0 Å². The van der Waals surface area contributed by atoms with Crippen LogP contribution >= 0.6 is 34.8 Å². The van der Waals surface area contributed by atoms with Gasteiger partial charge in [-0.2, -0.15) is 0 Å². The molecule has 2 nitrogen and oxygen atoms in total. The topological polar surface area (TPSA) is 21.3 Å². The summed E-state index contributed by atoms with van der Waals surface area (Å²) < 4.78 is 6.87. The van der Waals surface area contributed by atoms with E-state index in [1.165, 1.54) is 25.7 Å². The molecule has 1 aromatic carbocycles. The molecule has 6 heteroatoms. The number of halogens is 3. The maximum atomic E-state index is 6.87. The van der Waals surface area contributed by atoms with Gasteiger partial charge in [0, 0.05) is 33.2 Å².